The van der Waals surface area contributed by atoms with E-state index in [1.807, 2.05) is 36.4 Å². The number of halogens is 1. The molecule has 0 atom stereocenters. The summed E-state index contributed by atoms with van der Waals surface area (Å²) in [6, 6.07) is 15.6. The molecule has 116 valence electrons. The summed E-state index contributed by atoms with van der Waals surface area (Å²) in [5.41, 5.74) is 2.22. The molecule has 2 N–H and O–H groups in total. The summed E-state index contributed by atoms with van der Waals surface area (Å²) >= 11 is 11.1. The molecule has 0 saturated carbocycles. The molecule has 0 saturated heterocycles. The predicted molar refractivity (Wildman–Crippen MR) is 97.0 cm³/mol. The van der Waals surface area contributed by atoms with Gasteiger partial charge in [-0.05, 0) is 67.0 Å². The molecule has 2 aromatic rings. The fourth-order valence-electron chi connectivity index (χ4n) is 2.00. The van der Waals surface area contributed by atoms with Crippen LogP contribution in [0.25, 0.3) is 0 Å². The van der Waals surface area contributed by atoms with Gasteiger partial charge in [-0.3, -0.25) is 0 Å². The number of aryl methyl sites for hydroxylation is 1. The molecule has 0 aliphatic heterocycles. The Hall–Kier alpha value is -1.78. The predicted octanol–water partition coefficient (Wildman–Crippen LogP) is 4.27. The van der Waals surface area contributed by atoms with Crippen molar-refractivity contribution in [2.24, 2.45) is 0 Å². The number of methoxy groups -OCH3 is 1. The zero-order valence-corrected chi connectivity index (χ0v) is 14.0. The van der Waals surface area contributed by atoms with Crippen LogP contribution in [0, 0.1) is 0 Å². The Labute approximate surface area is 141 Å². The highest BCUT2D eigenvalue weighted by Gasteiger charge is 1.99. The minimum absolute atomic E-state index is 0.626. The van der Waals surface area contributed by atoms with E-state index in [9.17, 15) is 0 Å². The van der Waals surface area contributed by atoms with Crippen LogP contribution in [0.5, 0.6) is 5.75 Å². The van der Waals surface area contributed by atoms with E-state index >= 15 is 0 Å². The van der Waals surface area contributed by atoms with E-state index in [-0.39, 0.29) is 0 Å². The van der Waals surface area contributed by atoms with Gasteiger partial charge in [0, 0.05) is 17.3 Å². The smallest absolute Gasteiger partial charge is 0.170 e. The number of rotatable bonds is 6. The van der Waals surface area contributed by atoms with Gasteiger partial charge in [-0.15, -0.1) is 0 Å². The standard InChI is InChI=1S/C17H19ClN2OS/c1-21-16-10-8-15(9-11-16)20-17(22)19-12-2-3-13-4-6-14(18)7-5-13/h4-11H,2-3,12H2,1H3,(H2,19,20,22). The van der Waals surface area contributed by atoms with Gasteiger partial charge in [-0.1, -0.05) is 23.7 Å². The van der Waals surface area contributed by atoms with Crippen molar-refractivity contribution < 1.29 is 4.74 Å². The molecule has 0 aliphatic carbocycles. The molecule has 2 rings (SSSR count). The average molecular weight is 335 g/mol. The van der Waals surface area contributed by atoms with Crippen LogP contribution in [0.15, 0.2) is 48.5 Å². The Morgan fingerprint density at radius 3 is 2.41 bits per heavy atom. The van der Waals surface area contributed by atoms with E-state index in [4.69, 9.17) is 28.6 Å². The van der Waals surface area contributed by atoms with Gasteiger partial charge in [0.2, 0.25) is 0 Å². The van der Waals surface area contributed by atoms with Crippen molar-refractivity contribution in [3.8, 4) is 5.75 Å². The second-order valence-electron chi connectivity index (χ2n) is 4.84. The lowest BCUT2D eigenvalue weighted by molar-refractivity contribution is 0.415. The first kappa shape index (κ1) is 16.6. The number of benzene rings is 2. The molecule has 0 heterocycles. The van der Waals surface area contributed by atoms with Crippen molar-refractivity contribution in [2.75, 3.05) is 19.0 Å². The summed E-state index contributed by atoms with van der Waals surface area (Å²) in [4.78, 5) is 0. The fraction of sp³-hybridized carbons (Fsp3) is 0.235. The summed E-state index contributed by atoms with van der Waals surface area (Å²) in [7, 11) is 1.65. The van der Waals surface area contributed by atoms with E-state index in [2.05, 4.69) is 22.8 Å². The van der Waals surface area contributed by atoms with Crippen molar-refractivity contribution in [3.05, 3.63) is 59.1 Å². The lowest BCUT2D eigenvalue weighted by atomic mass is 10.1. The highest BCUT2D eigenvalue weighted by molar-refractivity contribution is 7.80. The van der Waals surface area contributed by atoms with E-state index in [1.165, 1.54) is 5.56 Å². The van der Waals surface area contributed by atoms with Gasteiger partial charge in [0.1, 0.15) is 5.75 Å². The first-order valence-electron chi connectivity index (χ1n) is 7.11. The molecule has 5 heteroatoms. The normalized spacial score (nSPS) is 10.1. The average Bonchev–Trinajstić information content (AvgIpc) is 2.54. The molecule has 0 amide bonds. The Kier molecular flexibility index (Phi) is 6.49. The third kappa shape index (κ3) is 5.54. The number of hydrogen-bond acceptors (Lipinski definition) is 2. The number of hydrogen-bond donors (Lipinski definition) is 2. The van der Waals surface area contributed by atoms with Crippen molar-refractivity contribution in [2.45, 2.75) is 12.8 Å². The summed E-state index contributed by atoms with van der Waals surface area (Å²) in [6.45, 7) is 0.824. The summed E-state index contributed by atoms with van der Waals surface area (Å²) in [5.74, 6) is 0.826. The highest BCUT2D eigenvalue weighted by atomic mass is 35.5. The summed E-state index contributed by atoms with van der Waals surface area (Å²) in [6.07, 6.45) is 2.00. The molecule has 0 radical (unpaired) electrons. The van der Waals surface area contributed by atoms with Crippen molar-refractivity contribution in [1.82, 2.24) is 5.32 Å². The summed E-state index contributed by atoms with van der Waals surface area (Å²) < 4.78 is 5.12. The van der Waals surface area contributed by atoms with Gasteiger partial charge in [-0.2, -0.15) is 0 Å². The van der Waals surface area contributed by atoms with E-state index in [0.29, 0.717) is 5.11 Å². The first-order chi connectivity index (χ1) is 10.7. The molecule has 3 nitrogen and oxygen atoms in total. The Morgan fingerprint density at radius 2 is 1.77 bits per heavy atom. The lowest BCUT2D eigenvalue weighted by Gasteiger charge is -2.11. The maximum atomic E-state index is 5.87. The van der Waals surface area contributed by atoms with Crippen LogP contribution in [-0.2, 0) is 6.42 Å². The Bertz CT molecular complexity index is 599. The van der Waals surface area contributed by atoms with Crippen molar-refractivity contribution in [1.29, 1.82) is 0 Å². The van der Waals surface area contributed by atoms with Crippen LogP contribution in [0.4, 0.5) is 5.69 Å². The van der Waals surface area contributed by atoms with Gasteiger partial charge in [0.25, 0.3) is 0 Å². The molecule has 0 unspecified atom stereocenters. The molecule has 0 aliphatic rings. The van der Waals surface area contributed by atoms with Crippen LogP contribution in [0.3, 0.4) is 0 Å². The van der Waals surface area contributed by atoms with Crippen molar-refractivity contribution in [3.63, 3.8) is 0 Å². The highest BCUT2D eigenvalue weighted by Crippen LogP contribution is 2.14. The third-order valence-electron chi connectivity index (χ3n) is 3.19. The fourth-order valence-corrected chi connectivity index (χ4v) is 2.34. The third-order valence-corrected chi connectivity index (χ3v) is 3.69. The topological polar surface area (TPSA) is 33.3 Å². The number of ether oxygens (including phenoxy) is 1. The minimum Gasteiger partial charge on any atom is -0.497 e. The van der Waals surface area contributed by atoms with Gasteiger partial charge in [-0.25, -0.2) is 0 Å². The molecule has 0 fully saturated rings. The van der Waals surface area contributed by atoms with Gasteiger partial charge < -0.3 is 15.4 Å². The quantitative estimate of drug-likeness (QED) is 0.610. The number of anilines is 1. The van der Waals surface area contributed by atoms with E-state index in [0.717, 1.165) is 35.8 Å². The first-order valence-corrected chi connectivity index (χ1v) is 7.89. The molecular weight excluding hydrogens is 316 g/mol. The summed E-state index contributed by atoms with van der Waals surface area (Å²) in [5, 5.41) is 7.75. The Morgan fingerprint density at radius 1 is 1.09 bits per heavy atom. The van der Waals surface area contributed by atoms with Crippen LogP contribution in [0.2, 0.25) is 5.02 Å². The van der Waals surface area contributed by atoms with Crippen LogP contribution >= 0.6 is 23.8 Å². The SMILES string of the molecule is COc1ccc(NC(=S)NCCCc2ccc(Cl)cc2)cc1. The molecule has 2 aromatic carbocycles. The van der Waals surface area contributed by atoms with Crippen molar-refractivity contribution >= 4 is 34.6 Å². The molecule has 0 bridgehead atoms. The number of thiocarbonyl (C=S) groups is 1. The van der Waals surface area contributed by atoms with E-state index in [1.54, 1.807) is 7.11 Å². The minimum atomic E-state index is 0.626. The van der Waals surface area contributed by atoms with Crippen LogP contribution in [0.1, 0.15) is 12.0 Å². The Balaban J connectivity index is 1.67. The van der Waals surface area contributed by atoms with E-state index < -0.39 is 0 Å². The number of nitrogens with one attached hydrogen (secondary N) is 2. The molecule has 22 heavy (non-hydrogen) atoms. The molecule has 0 spiro atoms. The zero-order chi connectivity index (χ0) is 15.8. The van der Waals surface area contributed by atoms with Crippen LogP contribution < -0.4 is 15.4 Å². The van der Waals surface area contributed by atoms with Gasteiger partial charge in [0.05, 0.1) is 7.11 Å². The second-order valence-corrected chi connectivity index (χ2v) is 5.68. The lowest BCUT2D eigenvalue weighted by Crippen LogP contribution is -2.29. The van der Waals surface area contributed by atoms with Gasteiger partial charge >= 0.3 is 0 Å². The van der Waals surface area contributed by atoms with Crippen LogP contribution in [-0.4, -0.2) is 18.8 Å². The molecule has 0 aromatic heterocycles. The zero-order valence-electron chi connectivity index (χ0n) is 12.4. The van der Waals surface area contributed by atoms with Gasteiger partial charge in [0.15, 0.2) is 5.11 Å². The second kappa shape index (κ2) is 8.61. The largest absolute Gasteiger partial charge is 0.497 e. The monoisotopic (exact) mass is 334 g/mol. The molecular formula is C17H19ClN2OS. The maximum absolute atomic E-state index is 5.87. The maximum Gasteiger partial charge on any atom is 0.170 e.